The average Bonchev–Trinajstić information content (AvgIpc) is 2.85. The van der Waals surface area contributed by atoms with Crippen molar-refractivity contribution in [3.63, 3.8) is 0 Å². The van der Waals surface area contributed by atoms with E-state index in [0.717, 1.165) is 31.7 Å². The molecule has 132 valence electrons. The maximum absolute atomic E-state index is 11.8. The lowest BCUT2D eigenvalue weighted by Gasteiger charge is -2.22. The van der Waals surface area contributed by atoms with Crippen molar-refractivity contribution < 1.29 is 14.3 Å². The minimum Gasteiger partial charge on any atom is -0.444 e. The third-order valence-corrected chi connectivity index (χ3v) is 3.67. The Labute approximate surface area is 143 Å². The molecular formula is C18H27N3O3. The van der Waals surface area contributed by atoms with Crippen molar-refractivity contribution in [2.75, 3.05) is 18.4 Å². The molecule has 0 aliphatic carbocycles. The summed E-state index contributed by atoms with van der Waals surface area (Å²) in [6.07, 6.45) is 0.567. The van der Waals surface area contributed by atoms with E-state index in [9.17, 15) is 9.59 Å². The number of anilines is 1. The molecule has 2 rings (SSSR count). The van der Waals surface area contributed by atoms with Crippen molar-refractivity contribution in [2.24, 2.45) is 0 Å². The van der Waals surface area contributed by atoms with Gasteiger partial charge < -0.3 is 15.4 Å². The summed E-state index contributed by atoms with van der Waals surface area (Å²) in [5, 5.41) is 5.69. The first kappa shape index (κ1) is 18.3. The summed E-state index contributed by atoms with van der Waals surface area (Å²) in [7, 11) is 0. The molecular weight excluding hydrogens is 306 g/mol. The number of amides is 2. The predicted octanol–water partition coefficient (Wildman–Crippen LogP) is 2.74. The maximum atomic E-state index is 11.8. The molecule has 1 atom stereocenters. The van der Waals surface area contributed by atoms with Gasteiger partial charge in [-0.05, 0) is 44.9 Å². The smallest absolute Gasteiger partial charge is 0.407 e. The highest BCUT2D eigenvalue weighted by molar-refractivity contribution is 5.88. The van der Waals surface area contributed by atoms with Gasteiger partial charge in [0.15, 0.2) is 0 Å². The molecule has 2 N–H and O–H groups in total. The number of nitrogens with zero attached hydrogens (tertiary/aromatic N) is 1. The van der Waals surface area contributed by atoms with Gasteiger partial charge in [-0.15, -0.1) is 0 Å². The van der Waals surface area contributed by atoms with Gasteiger partial charge in [0.2, 0.25) is 5.91 Å². The van der Waals surface area contributed by atoms with Crippen molar-refractivity contribution in [3.05, 3.63) is 29.8 Å². The van der Waals surface area contributed by atoms with Crippen molar-refractivity contribution in [1.29, 1.82) is 0 Å². The van der Waals surface area contributed by atoms with E-state index in [1.165, 1.54) is 12.5 Å². The van der Waals surface area contributed by atoms with Crippen LogP contribution < -0.4 is 10.6 Å². The Bertz CT molecular complexity index is 578. The van der Waals surface area contributed by atoms with Crippen LogP contribution in [0, 0.1) is 0 Å². The van der Waals surface area contributed by atoms with Gasteiger partial charge in [-0.1, -0.05) is 12.1 Å². The van der Waals surface area contributed by atoms with Crippen LogP contribution in [0.25, 0.3) is 0 Å². The van der Waals surface area contributed by atoms with Gasteiger partial charge >= 0.3 is 6.09 Å². The molecule has 2 amide bonds. The molecule has 1 aromatic carbocycles. The molecule has 0 saturated carbocycles. The summed E-state index contributed by atoms with van der Waals surface area (Å²) in [6.45, 7) is 9.65. The zero-order valence-corrected chi connectivity index (χ0v) is 14.9. The van der Waals surface area contributed by atoms with Crippen LogP contribution in [0.5, 0.6) is 0 Å². The number of hydrogen-bond donors (Lipinski definition) is 2. The van der Waals surface area contributed by atoms with Crippen LogP contribution in [0.1, 0.15) is 39.7 Å². The average molecular weight is 333 g/mol. The fraction of sp³-hybridized carbons (Fsp3) is 0.556. The maximum Gasteiger partial charge on any atom is 0.407 e. The Morgan fingerprint density at radius 3 is 2.50 bits per heavy atom. The number of nitrogens with one attached hydrogen (secondary N) is 2. The van der Waals surface area contributed by atoms with E-state index in [1.807, 2.05) is 45.0 Å². The zero-order valence-electron chi connectivity index (χ0n) is 14.9. The van der Waals surface area contributed by atoms with E-state index < -0.39 is 5.60 Å². The summed E-state index contributed by atoms with van der Waals surface area (Å²) in [4.78, 5) is 25.1. The molecule has 0 aromatic heterocycles. The highest BCUT2D eigenvalue weighted by Gasteiger charge is 2.26. The Kier molecular flexibility index (Phi) is 5.83. The summed E-state index contributed by atoms with van der Waals surface area (Å²) in [6, 6.07) is 7.96. The van der Waals surface area contributed by atoms with E-state index in [0.29, 0.717) is 0 Å². The van der Waals surface area contributed by atoms with Gasteiger partial charge in [0.05, 0.1) is 0 Å². The normalized spacial score (nSPS) is 18.2. The van der Waals surface area contributed by atoms with Crippen molar-refractivity contribution >= 4 is 17.7 Å². The molecule has 1 aliphatic heterocycles. The number of rotatable bonds is 4. The van der Waals surface area contributed by atoms with E-state index in [1.54, 1.807) is 0 Å². The second-order valence-electron chi connectivity index (χ2n) is 7.25. The number of ether oxygens (including phenoxy) is 1. The molecule has 0 unspecified atom stereocenters. The topological polar surface area (TPSA) is 70.7 Å². The summed E-state index contributed by atoms with van der Waals surface area (Å²) in [5.41, 5.74) is 1.51. The van der Waals surface area contributed by atoms with Gasteiger partial charge in [0.1, 0.15) is 5.60 Å². The first-order valence-corrected chi connectivity index (χ1v) is 8.30. The number of hydrogen-bond acceptors (Lipinski definition) is 4. The minimum atomic E-state index is -0.474. The third-order valence-electron chi connectivity index (χ3n) is 3.67. The zero-order chi connectivity index (χ0) is 17.7. The second-order valence-corrected chi connectivity index (χ2v) is 7.25. The lowest BCUT2D eigenvalue weighted by Crippen LogP contribution is -2.40. The van der Waals surface area contributed by atoms with Crippen molar-refractivity contribution in [1.82, 2.24) is 10.2 Å². The van der Waals surface area contributed by atoms with E-state index in [2.05, 4.69) is 15.5 Å². The Hall–Kier alpha value is -2.08. The number of benzene rings is 1. The Morgan fingerprint density at radius 1 is 1.25 bits per heavy atom. The summed E-state index contributed by atoms with van der Waals surface area (Å²) >= 11 is 0. The van der Waals surface area contributed by atoms with Crippen LogP contribution in [-0.2, 0) is 16.1 Å². The van der Waals surface area contributed by atoms with Crippen LogP contribution >= 0.6 is 0 Å². The summed E-state index contributed by atoms with van der Waals surface area (Å²) in [5.74, 6) is -0.0710. The molecule has 0 spiro atoms. The van der Waals surface area contributed by atoms with E-state index in [-0.39, 0.29) is 18.0 Å². The second kappa shape index (κ2) is 7.66. The predicted molar refractivity (Wildman–Crippen MR) is 93.8 cm³/mol. The Morgan fingerprint density at radius 2 is 1.92 bits per heavy atom. The number of alkyl carbamates (subject to hydrolysis) is 1. The lowest BCUT2D eigenvalue weighted by atomic mass is 10.2. The van der Waals surface area contributed by atoms with Crippen LogP contribution in [0.15, 0.2) is 24.3 Å². The molecule has 1 fully saturated rings. The molecule has 6 heteroatoms. The summed E-state index contributed by atoms with van der Waals surface area (Å²) < 4.78 is 5.29. The fourth-order valence-corrected chi connectivity index (χ4v) is 2.72. The van der Waals surface area contributed by atoms with Gasteiger partial charge in [0, 0.05) is 38.3 Å². The first-order chi connectivity index (χ1) is 11.2. The molecule has 24 heavy (non-hydrogen) atoms. The van der Waals surface area contributed by atoms with Crippen molar-refractivity contribution in [3.8, 4) is 0 Å². The van der Waals surface area contributed by atoms with E-state index >= 15 is 0 Å². The van der Waals surface area contributed by atoms with Gasteiger partial charge in [-0.25, -0.2) is 4.79 Å². The quantitative estimate of drug-likeness (QED) is 0.889. The highest BCUT2D eigenvalue weighted by Crippen LogP contribution is 2.16. The van der Waals surface area contributed by atoms with Crippen LogP contribution in [0.2, 0.25) is 0 Å². The monoisotopic (exact) mass is 333 g/mol. The Balaban J connectivity index is 1.79. The van der Waals surface area contributed by atoms with Gasteiger partial charge in [-0.2, -0.15) is 0 Å². The molecule has 1 aromatic rings. The highest BCUT2D eigenvalue weighted by atomic mass is 16.6. The molecule has 1 saturated heterocycles. The molecule has 1 heterocycles. The number of carbonyl (C=O) groups is 2. The molecule has 0 radical (unpaired) electrons. The largest absolute Gasteiger partial charge is 0.444 e. The van der Waals surface area contributed by atoms with Crippen LogP contribution in [0.3, 0.4) is 0 Å². The molecule has 1 aliphatic rings. The molecule has 6 nitrogen and oxygen atoms in total. The van der Waals surface area contributed by atoms with Crippen LogP contribution in [0.4, 0.5) is 10.5 Å². The first-order valence-electron chi connectivity index (χ1n) is 8.30. The lowest BCUT2D eigenvalue weighted by molar-refractivity contribution is -0.114. The van der Waals surface area contributed by atoms with Crippen LogP contribution in [-0.4, -0.2) is 41.6 Å². The number of likely N-dealkylation sites (tertiary alicyclic amines) is 1. The van der Waals surface area contributed by atoms with E-state index in [4.69, 9.17) is 4.74 Å². The SMILES string of the molecule is CC(=O)Nc1ccc(CN2CC[C@@H](NC(=O)OC(C)(C)C)C2)cc1. The van der Waals surface area contributed by atoms with Gasteiger partial charge in [-0.3, -0.25) is 9.69 Å². The molecule has 0 bridgehead atoms. The minimum absolute atomic E-state index is 0.0710. The number of carbonyl (C=O) groups excluding carboxylic acids is 2. The van der Waals surface area contributed by atoms with Gasteiger partial charge in [0.25, 0.3) is 0 Å². The third kappa shape index (κ3) is 6.20. The van der Waals surface area contributed by atoms with Crippen molar-refractivity contribution in [2.45, 2.75) is 52.3 Å². The fourth-order valence-electron chi connectivity index (χ4n) is 2.72. The standard InChI is InChI=1S/C18H27N3O3/c1-13(22)19-15-7-5-14(6-8-15)11-21-10-9-16(12-21)20-17(23)24-18(2,3)4/h5-8,16H,9-12H2,1-4H3,(H,19,22)(H,20,23)/t16-/m1/s1.